The van der Waals surface area contributed by atoms with Crippen LogP contribution in [-0.4, -0.2) is 51.2 Å². The minimum absolute atomic E-state index is 0.130. The summed E-state index contributed by atoms with van der Waals surface area (Å²) in [5.41, 5.74) is 2.83. The van der Waals surface area contributed by atoms with Gasteiger partial charge in [-0.05, 0) is 59.7 Å². The van der Waals surface area contributed by atoms with Crippen LogP contribution in [0.1, 0.15) is 28.4 Å². The van der Waals surface area contributed by atoms with Gasteiger partial charge in [-0.2, -0.15) is 18.3 Å². The average Bonchev–Trinajstić information content (AvgIpc) is 3.30. The molecule has 0 saturated carbocycles. The first-order chi connectivity index (χ1) is 17.3. The standard InChI is InChI=1S/C26H22F3N5O2/c27-26(28,29)18-3-1-2-16(12-18)4-9-21-24-20(23-14-30-10-11-34(23)15-35)13-22(31-25(24)33-32-21)17-5-7-19(36)8-6-17/h1-9,12-13,15,23,30,36H,10-11,14H2,(H,31,32,33). The number of nitrogens with one attached hydrogen (secondary N) is 2. The van der Waals surface area contributed by atoms with Crippen LogP contribution in [0.4, 0.5) is 13.2 Å². The lowest BCUT2D eigenvalue weighted by Gasteiger charge is -2.34. The molecule has 184 valence electrons. The molecule has 1 fully saturated rings. The first kappa shape index (κ1) is 23.6. The molecule has 3 N–H and O–H groups in total. The average molecular weight is 493 g/mol. The minimum atomic E-state index is -4.43. The van der Waals surface area contributed by atoms with Gasteiger partial charge in [-0.15, -0.1) is 0 Å². The minimum Gasteiger partial charge on any atom is -0.508 e. The van der Waals surface area contributed by atoms with Crippen molar-refractivity contribution in [3.05, 3.63) is 77.0 Å². The number of amides is 1. The van der Waals surface area contributed by atoms with Crippen LogP contribution in [0.5, 0.6) is 5.75 Å². The number of aromatic amines is 1. The molecule has 5 rings (SSSR count). The zero-order valence-corrected chi connectivity index (χ0v) is 19.0. The summed E-state index contributed by atoms with van der Waals surface area (Å²) in [5, 5.41) is 20.9. The third kappa shape index (κ3) is 4.67. The van der Waals surface area contributed by atoms with E-state index in [9.17, 15) is 23.1 Å². The Morgan fingerprint density at radius 2 is 1.89 bits per heavy atom. The predicted molar refractivity (Wildman–Crippen MR) is 130 cm³/mol. The number of H-pyrrole nitrogens is 1. The Morgan fingerprint density at radius 3 is 2.64 bits per heavy atom. The van der Waals surface area contributed by atoms with Crippen LogP contribution in [-0.2, 0) is 11.0 Å². The Balaban J connectivity index is 1.62. The molecule has 1 unspecified atom stereocenters. The number of piperazine rings is 1. The van der Waals surface area contributed by atoms with Crippen molar-refractivity contribution < 1.29 is 23.1 Å². The molecule has 0 spiro atoms. The first-order valence-electron chi connectivity index (χ1n) is 11.3. The van der Waals surface area contributed by atoms with Crippen LogP contribution in [0.3, 0.4) is 0 Å². The highest BCUT2D eigenvalue weighted by atomic mass is 19.4. The van der Waals surface area contributed by atoms with Gasteiger partial charge < -0.3 is 15.3 Å². The van der Waals surface area contributed by atoms with Crippen LogP contribution in [0, 0.1) is 0 Å². The fraction of sp³-hybridized carbons (Fsp3) is 0.192. The predicted octanol–water partition coefficient (Wildman–Crippen LogP) is 4.62. The topological polar surface area (TPSA) is 94.1 Å². The molecule has 2 aromatic heterocycles. The van der Waals surface area contributed by atoms with Gasteiger partial charge in [-0.25, -0.2) is 4.98 Å². The largest absolute Gasteiger partial charge is 0.508 e. The second-order valence-corrected chi connectivity index (χ2v) is 8.50. The fourth-order valence-corrected chi connectivity index (χ4v) is 4.37. The van der Waals surface area contributed by atoms with Gasteiger partial charge in [0.2, 0.25) is 6.41 Å². The number of carbonyl (C=O) groups excluding carboxylic acids is 1. The van der Waals surface area contributed by atoms with E-state index in [0.717, 1.165) is 29.7 Å². The summed E-state index contributed by atoms with van der Waals surface area (Å²) in [6.07, 6.45) is -0.372. The van der Waals surface area contributed by atoms with E-state index in [-0.39, 0.29) is 11.8 Å². The quantitative estimate of drug-likeness (QED) is 0.353. The molecular formula is C26H22F3N5O2. The summed E-state index contributed by atoms with van der Waals surface area (Å²) in [6.45, 7) is 1.72. The van der Waals surface area contributed by atoms with E-state index in [4.69, 9.17) is 0 Å². The number of carbonyl (C=O) groups is 1. The summed E-state index contributed by atoms with van der Waals surface area (Å²) in [5.74, 6) is 0.130. The van der Waals surface area contributed by atoms with Crippen LogP contribution in [0.25, 0.3) is 34.4 Å². The highest BCUT2D eigenvalue weighted by molar-refractivity contribution is 5.92. The van der Waals surface area contributed by atoms with E-state index < -0.39 is 11.7 Å². The number of benzene rings is 2. The normalized spacial score (nSPS) is 16.6. The lowest BCUT2D eigenvalue weighted by atomic mass is 9.97. The van der Waals surface area contributed by atoms with E-state index in [1.54, 1.807) is 47.4 Å². The summed E-state index contributed by atoms with van der Waals surface area (Å²) < 4.78 is 39.4. The third-order valence-electron chi connectivity index (χ3n) is 6.18. The van der Waals surface area contributed by atoms with Crippen molar-refractivity contribution >= 4 is 29.6 Å². The van der Waals surface area contributed by atoms with Crippen LogP contribution in [0.15, 0.2) is 54.6 Å². The van der Waals surface area contributed by atoms with E-state index in [1.165, 1.54) is 6.07 Å². The van der Waals surface area contributed by atoms with Crippen molar-refractivity contribution in [3.63, 3.8) is 0 Å². The summed E-state index contributed by atoms with van der Waals surface area (Å²) in [7, 11) is 0. The third-order valence-corrected chi connectivity index (χ3v) is 6.18. The number of alkyl halides is 3. The molecule has 0 aliphatic carbocycles. The molecule has 1 amide bonds. The number of phenolic OH excluding ortho intramolecular Hbond substituents is 1. The monoisotopic (exact) mass is 493 g/mol. The molecule has 1 aliphatic rings. The summed E-state index contributed by atoms with van der Waals surface area (Å²) in [4.78, 5) is 18.2. The molecule has 4 aromatic rings. The number of halogens is 3. The first-order valence-corrected chi connectivity index (χ1v) is 11.3. The van der Waals surface area contributed by atoms with E-state index in [0.29, 0.717) is 47.6 Å². The van der Waals surface area contributed by atoms with Gasteiger partial charge in [-0.1, -0.05) is 18.2 Å². The Kier molecular flexibility index (Phi) is 6.19. The summed E-state index contributed by atoms with van der Waals surface area (Å²) in [6, 6.07) is 13.3. The van der Waals surface area contributed by atoms with Crippen molar-refractivity contribution in [3.8, 4) is 17.0 Å². The number of aromatic hydroxyl groups is 1. The van der Waals surface area contributed by atoms with Crippen molar-refractivity contribution in [1.82, 2.24) is 25.4 Å². The van der Waals surface area contributed by atoms with E-state index >= 15 is 0 Å². The molecule has 0 bridgehead atoms. The van der Waals surface area contributed by atoms with Gasteiger partial charge in [0.05, 0.1) is 28.4 Å². The van der Waals surface area contributed by atoms with Gasteiger partial charge in [0.25, 0.3) is 0 Å². The molecule has 10 heteroatoms. The molecule has 0 radical (unpaired) electrons. The van der Waals surface area contributed by atoms with Crippen molar-refractivity contribution in [2.24, 2.45) is 0 Å². The molecule has 3 heterocycles. The number of pyridine rings is 1. The maximum atomic E-state index is 13.1. The van der Waals surface area contributed by atoms with Crippen LogP contribution < -0.4 is 5.32 Å². The lowest BCUT2D eigenvalue weighted by molar-refractivity contribution is -0.137. The van der Waals surface area contributed by atoms with Crippen LogP contribution >= 0.6 is 0 Å². The molecule has 1 atom stereocenters. The smallest absolute Gasteiger partial charge is 0.416 e. The molecule has 1 saturated heterocycles. The van der Waals surface area contributed by atoms with Gasteiger partial charge in [0.15, 0.2) is 5.65 Å². The maximum absolute atomic E-state index is 13.1. The highest BCUT2D eigenvalue weighted by Gasteiger charge is 2.30. The van der Waals surface area contributed by atoms with Crippen molar-refractivity contribution in [2.75, 3.05) is 19.6 Å². The Hall–Kier alpha value is -4.18. The zero-order valence-electron chi connectivity index (χ0n) is 19.0. The molecule has 7 nitrogen and oxygen atoms in total. The Bertz CT molecular complexity index is 1430. The van der Waals surface area contributed by atoms with E-state index in [1.807, 2.05) is 6.07 Å². The van der Waals surface area contributed by atoms with Crippen LogP contribution in [0.2, 0.25) is 0 Å². The zero-order chi connectivity index (χ0) is 25.3. The Labute approximate surface area is 204 Å². The van der Waals surface area contributed by atoms with Gasteiger partial charge >= 0.3 is 6.18 Å². The Morgan fingerprint density at radius 1 is 1.08 bits per heavy atom. The van der Waals surface area contributed by atoms with Gasteiger partial charge in [0.1, 0.15) is 5.75 Å². The number of rotatable bonds is 5. The van der Waals surface area contributed by atoms with E-state index in [2.05, 4.69) is 20.5 Å². The highest BCUT2D eigenvalue weighted by Crippen LogP contribution is 2.34. The summed E-state index contributed by atoms with van der Waals surface area (Å²) >= 11 is 0. The maximum Gasteiger partial charge on any atom is 0.416 e. The fourth-order valence-electron chi connectivity index (χ4n) is 4.37. The second kappa shape index (κ2) is 9.46. The number of nitrogens with zero attached hydrogens (tertiary/aromatic N) is 3. The van der Waals surface area contributed by atoms with Gasteiger partial charge in [-0.3, -0.25) is 9.89 Å². The van der Waals surface area contributed by atoms with Gasteiger partial charge in [0, 0.05) is 25.2 Å². The lowest BCUT2D eigenvalue weighted by Crippen LogP contribution is -2.45. The number of aromatic nitrogens is 3. The number of phenols is 1. The molecule has 1 aliphatic heterocycles. The number of fused-ring (bicyclic) bond motifs is 1. The van der Waals surface area contributed by atoms with Crippen molar-refractivity contribution in [1.29, 1.82) is 0 Å². The SMILES string of the molecule is O=CN1CCNCC1c1cc(-c2ccc(O)cc2)nc2n[nH]c(C=Cc3cccc(C(F)(F)F)c3)c12. The molecule has 36 heavy (non-hydrogen) atoms. The number of hydrogen-bond acceptors (Lipinski definition) is 5. The molecule has 2 aromatic carbocycles. The molecular weight excluding hydrogens is 471 g/mol. The second-order valence-electron chi connectivity index (χ2n) is 8.50. The van der Waals surface area contributed by atoms with Crippen molar-refractivity contribution in [2.45, 2.75) is 12.2 Å². The number of hydrogen-bond donors (Lipinski definition) is 3.